The van der Waals surface area contributed by atoms with E-state index in [0.29, 0.717) is 12.3 Å². The molecule has 0 bridgehead atoms. The summed E-state index contributed by atoms with van der Waals surface area (Å²) in [5.41, 5.74) is 2.59. The Balaban J connectivity index is 1.49. The molecule has 1 unspecified atom stereocenters. The van der Waals surface area contributed by atoms with E-state index in [1.54, 1.807) is 0 Å². The number of benzene rings is 1. The number of hydrogen-bond donors (Lipinski definition) is 1. The zero-order chi connectivity index (χ0) is 14.7. The molecule has 0 spiro atoms. The Labute approximate surface area is 127 Å². The quantitative estimate of drug-likeness (QED) is 0.903. The normalized spacial score (nSPS) is 19.1. The molecule has 1 amide bonds. The minimum Gasteiger partial charge on any atom is -0.493 e. The van der Waals surface area contributed by atoms with Crippen LogP contribution in [0.2, 0.25) is 0 Å². The van der Waals surface area contributed by atoms with E-state index < -0.39 is 0 Å². The van der Waals surface area contributed by atoms with E-state index in [4.69, 9.17) is 4.74 Å². The Morgan fingerprint density at radius 3 is 3.00 bits per heavy atom. The molecule has 1 atom stereocenters. The molecule has 0 saturated heterocycles. The van der Waals surface area contributed by atoms with Gasteiger partial charge in [-0.25, -0.2) is 0 Å². The molecule has 0 radical (unpaired) electrons. The Hall–Kier alpha value is -1.51. The molecule has 3 nitrogen and oxygen atoms in total. The highest BCUT2D eigenvalue weighted by molar-refractivity contribution is 5.76. The van der Waals surface area contributed by atoms with Crippen molar-refractivity contribution in [1.29, 1.82) is 0 Å². The number of nitrogens with one attached hydrogen (secondary N) is 1. The Morgan fingerprint density at radius 2 is 2.19 bits per heavy atom. The van der Waals surface area contributed by atoms with Gasteiger partial charge in [-0.2, -0.15) is 0 Å². The average molecular weight is 287 g/mol. The van der Waals surface area contributed by atoms with E-state index in [-0.39, 0.29) is 11.9 Å². The first-order valence-electron chi connectivity index (χ1n) is 8.24. The minimum atomic E-state index is 0.194. The second kappa shape index (κ2) is 6.50. The Morgan fingerprint density at radius 1 is 1.38 bits per heavy atom. The van der Waals surface area contributed by atoms with E-state index in [2.05, 4.69) is 30.4 Å². The molecule has 1 aromatic carbocycles. The maximum absolute atomic E-state index is 12.1. The number of amides is 1. The second-order valence-electron chi connectivity index (χ2n) is 6.57. The van der Waals surface area contributed by atoms with Crippen LogP contribution in [0.25, 0.3) is 0 Å². The predicted octanol–water partition coefficient (Wildman–Crippen LogP) is 3.25. The Kier molecular flexibility index (Phi) is 4.47. The number of ether oxygens (including phenoxy) is 1. The summed E-state index contributed by atoms with van der Waals surface area (Å²) in [4.78, 5) is 12.1. The van der Waals surface area contributed by atoms with Gasteiger partial charge in [-0.3, -0.25) is 4.79 Å². The van der Waals surface area contributed by atoms with Crippen LogP contribution in [0.4, 0.5) is 0 Å². The number of hydrogen-bond acceptors (Lipinski definition) is 2. The SMILES string of the molecule is CC(Cc1ccc2c(c1)CCO2)NC(=O)CC1CCCC1. The van der Waals surface area contributed by atoms with Crippen LogP contribution < -0.4 is 10.1 Å². The standard InChI is InChI=1S/C18H25NO2/c1-13(19-18(20)12-14-4-2-3-5-14)10-15-6-7-17-16(11-15)8-9-21-17/h6-7,11,13-14H,2-5,8-10,12H2,1H3,(H,19,20). The zero-order valence-corrected chi connectivity index (χ0v) is 12.9. The lowest BCUT2D eigenvalue weighted by Crippen LogP contribution is -2.34. The van der Waals surface area contributed by atoms with E-state index in [1.807, 2.05) is 0 Å². The third-order valence-corrected chi connectivity index (χ3v) is 4.65. The van der Waals surface area contributed by atoms with Crippen LogP contribution in [0.1, 0.15) is 50.2 Å². The molecule has 1 saturated carbocycles. The molecule has 1 fully saturated rings. The van der Waals surface area contributed by atoms with Crippen LogP contribution in [-0.4, -0.2) is 18.6 Å². The molecular formula is C18H25NO2. The van der Waals surface area contributed by atoms with Crippen LogP contribution >= 0.6 is 0 Å². The van der Waals surface area contributed by atoms with E-state index in [0.717, 1.165) is 25.2 Å². The molecule has 114 valence electrons. The minimum absolute atomic E-state index is 0.194. The molecule has 1 aliphatic heterocycles. The molecule has 21 heavy (non-hydrogen) atoms. The van der Waals surface area contributed by atoms with Gasteiger partial charge < -0.3 is 10.1 Å². The van der Waals surface area contributed by atoms with E-state index in [1.165, 1.54) is 36.8 Å². The van der Waals surface area contributed by atoms with Gasteiger partial charge in [0.15, 0.2) is 0 Å². The lowest BCUT2D eigenvalue weighted by atomic mass is 10.0. The van der Waals surface area contributed by atoms with Gasteiger partial charge in [0.2, 0.25) is 5.91 Å². The van der Waals surface area contributed by atoms with Crippen LogP contribution in [0, 0.1) is 5.92 Å². The number of rotatable bonds is 5. The summed E-state index contributed by atoms with van der Waals surface area (Å²) in [7, 11) is 0. The topological polar surface area (TPSA) is 38.3 Å². The largest absolute Gasteiger partial charge is 0.493 e. The Bertz CT molecular complexity index is 506. The van der Waals surface area contributed by atoms with Crippen molar-refractivity contribution in [2.24, 2.45) is 5.92 Å². The summed E-state index contributed by atoms with van der Waals surface area (Å²) in [6, 6.07) is 6.59. The smallest absolute Gasteiger partial charge is 0.220 e. The van der Waals surface area contributed by atoms with Crippen molar-refractivity contribution in [2.75, 3.05) is 6.61 Å². The van der Waals surface area contributed by atoms with Gasteiger partial charge in [0, 0.05) is 18.9 Å². The molecule has 3 rings (SSSR count). The summed E-state index contributed by atoms with van der Waals surface area (Å²) < 4.78 is 5.53. The summed E-state index contributed by atoms with van der Waals surface area (Å²) in [5.74, 6) is 1.87. The monoisotopic (exact) mass is 287 g/mol. The fourth-order valence-corrected chi connectivity index (χ4v) is 3.58. The first kappa shape index (κ1) is 14.4. The van der Waals surface area contributed by atoms with Gasteiger partial charge in [0.1, 0.15) is 5.75 Å². The third kappa shape index (κ3) is 3.78. The number of carbonyl (C=O) groups excluding carboxylic acids is 1. The molecule has 1 aliphatic carbocycles. The molecule has 2 aliphatic rings. The second-order valence-corrected chi connectivity index (χ2v) is 6.57. The van der Waals surface area contributed by atoms with Crippen LogP contribution in [0.5, 0.6) is 5.75 Å². The van der Waals surface area contributed by atoms with E-state index >= 15 is 0 Å². The number of carbonyl (C=O) groups is 1. The fourth-order valence-electron chi connectivity index (χ4n) is 3.58. The first-order chi connectivity index (χ1) is 10.2. The van der Waals surface area contributed by atoms with Crippen molar-refractivity contribution in [2.45, 2.75) is 57.9 Å². The van der Waals surface area contributed by atoms with Gasteiger partial charge in [0.05, 0.1) is 6.61 Å². The first-order valence-corrected chi connectivity index (χ1v) is 8.24. The molecule has 3 heteroatoms. The van der Waals surface area contributed by atoms with Crippen molar-refractivity contribution < 1.29 is 9.53 Å². The highest BCUT2D eigenvalue weighted by Gasteiger charge is 2.19. The van der Waals surface area contributed by atoms with Crippen LogP contribution in [0.15, 0.2) is 18.2 Å². The maximum atomic E-state index is 12.1. The van der Waals surface area contributed by atoms with E-state index in [9.17, 15) is 4.79 Å². The summed E-state index contributed by atoms with van der Waals surface area (Å²) in [5, 5.41) is 3.15. The predicted molar refractivity (Wildman–Crippen MR) is 83.5 cm³/mol. The molecule has 0 aromatic heterocycles. The molecular weight excluding hydrogens is 262 g/mol. The van der Waals surface area contributed by atoms with Crippen molar-refractivity contribution >= 4 is 5.91 Å². The summed E-state index contributed by atoms with van der Waals surface area (Å²) in [6.07, 6.45) is 7.66. The van der Waals surface area contributed by atoms with Gasteiger partial charge in [-0.15, -0.1) is 0 Å². The highest BCUT2D eigenvalue weighted by atomic mass is 16.5. The molecule has 1 aromatic rings. The van der Waals surface area contributed by atoms with Crippen LogP contribution in [0.3, 0.4) is 0 Å². The zero-order valence-electron chi connectivity index (χ0n) is 12.9. The number of fused-ring (bicyclic) bond motifs is 1. The van der Waals surface area contributed by atoms with Crippen LogP contribution in [-0.2, 0) is 17.6 Å². The van der Waals surface area contributed by atoms with Crippen molar-refractivity contribution in [3.63, 3.8) is 0 Å². The fraction of sp³-hybridized carbons (Fsp3) is 0.611. The highest BCUT2D eigenvalue weighted by Crippen LogP contribution is 2.28. The van der Waals surface area contributed by atoms with Gasteiger partial charge in [0.25, 0.3) is 0 Å². The molecule has 1 N–H and O–H groups in total. The van der Waals surface area contributed by atoms with Gasteiger partial charge >= 0.3 is 0 Å². The maximum Gasteiger partial charge on any atom is 0.220 e. The van der Waals surface area contributed by atoms with Crippen molar-refractivity contribution in [3.05, 3.63) is 29.3 Å². The summed E-state index contributed by atoms with van der Waals surface area (Å²) in [6.45, 7) is 2.89. The van der Waals surface area contributed by atoms with Gasteiger partial charge in [-0.1, -0.05) is 25.0 Å². The lowest BCUT2D eigenvalue weighted by Gasteiger charge is -2.16. The summed E-state index contributed by atoms with van der Waals surface area (Å²) >= 11 is 0. The average Bonchev–Trinajstić information content (AvgIpc) is 3.08. The third-order valence-electron chi connectivity index (χ3n) is 4.65. The van der Waals surface area contributed by atoms with Gasteiger partial charge in [-0.05, 0) is 49.3 Å². The molecule has 1 heterocycles. The van der Waals surface area contributed by atoms with Crippen molar-refractivity contribution in [1.82, 2.24) is 5.32 Å². The lowest BCUT2D eigenvalue weighted by molar-refractivity contribution is -0.122. The van der Waals surface area contributed by atoms with Crippen molar-refractivity contribution in [3.8, 4) is 5.75 Å².